The number of rotatable bonds is 3. The number of nitrogens with one attached hydrogen (secondary N) is 1. The van der Waals surface area contributed by atoms with Gasteiger partial charge in [-0.25, -0.2) is 4.98 Å². The van der Waals surface area contributed by atoms with Gasteiger partial charge in [0, 0.05) is 18.1 Å². The van der Waals surface area contributed by atoms with Crippen molar-refractivity contribution in [3.8, 4) is 0 Å². The zero-order valence-corrected chi connectivity index (χ0v) is 14.1. The first-order valence-corrected chi connectivity index (χ1v) is 9.16. The Morgan fingerprint density at radius 2 is 2.00 bits per heavy atom. The molecule has 2 aromatic heterocycles. The smallest absolute Gasteiger partial charge is 0.255 e. The van der Waals surface area contributed by atoms with Crippen LogP contribution in [0.3, 0.4) is 0 Å². The average Bonchev–Trinajstić information content (AvgIpc) is 3.40. The molecule has 4 nitrogen and oxygen atoms in total. The summed E-state index contributed by atoms with van der Waals surface area (Å²) in [5.41, 5.74) is 5.33. The molecule has 25 heavy (non-hydrogen) atoms. The van der Waals surface area contributed by atoms with Gasteiger partial charge in [-0.05, 0) is 61.3 Å². The quantitative estimate of drug-likeness (QED) is 0.788. The molecule has 3 aromatic rings. The minimum atomic E-state index is -0.0235. The minimum Gasteiger partial charge on any atom is -0.345 e. The predicted molar refractivity (Wildman–Crippen MR) is 96.8 cm³/mol. The van der Waals surface area contributed by atoms with Crippen molar-refractivity contribution >= 4 is 11.6 Å². The molecule has 4 heteroatoms. The van der Waals surface area contributed by atoms with Gasteiger partial charge < -0.3 is 9.72 Å². The number of fused-ring (bicyclic) bond motifs is 2. The fourth-order valence-corrected chi connectivity index (χ4v) is 4.06. The maximum Gasteiger partial charge on any atom is 0.255 e. The second kappa shape index (κ2) is 5.73. The van der Waals surface area contributed by atoms with Crippen molar-refractivity contribution in [1.82, 2.24) is 14.7 Å². The fraction of sp³-hybridized carbons (Fsp3) is 0.333. The van der Waals surface area contributed by atoms with E-state index < -0.39 is 0 Å². The van der Waals surface area contributed by atoms with Gasteiger partial charge in [-0.3, -0.25) is 4.79 Å². The van der Waals surface area contributed by atoms with Gasteiger partial charge in [-0.2, -0.15) is 0 Å². The number of amides is 1. The Bertz CT molecular complexity index is 955. The summed E-state index contributed by atoms with van der Waals surface area (Å²) >= 11 is 0. The molecule has 1 amide bonds. The summed E-state index contributed by atoms with van der Waals surface area (Å²) in [6.45, 7) is 0. The third-order valence-corrected chi connectivity index (χ3v) is 5.49. The van der Waals surface area contributed by atoms with Crippen LogP contribution in [0.1, 0.15) is 64.8 Å². The summed E-state index contributed by atoms with van der Waals surface area (Å²) < 4.78 is 2.08. The van der Waals surface area contributed by atoms with Crippen LogP contribution < -0.4 is 5.32 Å². The summed E-state index contributed by atoms with van der Waals surface area (Å²) in [5, 5.41) is 3.24. The van der Waals surface area contributed by atoms with E-state index in [0.717, 1.165) is 24.9 Å². The van der Waals surface area contributed by atoms with E-state index in [-0.39, 0.29) is 11.9 Å². The van der Waals surface area contributed by atoms with Crippen molar-refractivity contribution in [2.45, 2.75) is 44.1 Å². The van der Waals surface area contributed by atoms with Gasteiger partial charge in [0.1, 0.15) is 5.65 Å². The van der Waals surface area contributed by atoms with Gasteiger partial charge >= 0.3 is 0 Å². The summed E-state index contributed by atoms with van der Waals surface area (Å²) in [6, 6.07) is 12.5. The largest absolute Gasteiger partial charge is 0.345 e. The maximum atomic E-state index is 12.9. The highest BCUT2D eigenvalue weighted by atomic mass is 16.1. The van der Waals surface area contributed by atoms with Gasteiger partial charge in [0.15, 0.2) is 0 Å². The summed E-state index contributed by atoms with van der Waals surface area (Å²) in [6.07, 6.45) is 9.49. The molecule has 0 aliphatic heterocycles. The van der Waals surface area contributed by atoms with Gasteiger partial charge in [0.05, 0.1) is 11.6 Å². The van der Waals surface area contributed by atoms with Crippen molar-refractivity contribution in [1.29, 1.82) is 0 Å². The van der Waals surface area contributed by atoms with Gasteiger partial charge in [-0.1, -0.05) is 24.3 Å². The van der Waals surface area contributed by atoms with Crippen LogP contribution in [0.4, 0.5) is 0 Å². The first-order valence-electron chi connectivity index (χ1n) is 9.16. The predicted octanol–water partition coefficient (Wildman–Crippen LogP) is 4.02. The van der Waals surface area contributed by atoms with Gasteiger partial charge in [-0.15, -0.1) is 0 Å². The normalized spacial score (nSPS) is 19.6. The van der Waals surface area contributed by atoms with E-state index in [1.807, 2.05) is 18.5 Å². The molecule has 0 spiro atoms. The zero-order chi connectivity index (χ0) is 16.8. The van der Waals surface area contributed by atoms with Crippen LogP contribution in [0, 0.1) is 0 Å². The molecular formula is C21H21N3O. The summed E-state index contributed by atoms with van der Waals surface area (Å²) in [5.74, 6) is 0.601. The molecule has 2 aliphatic rings. The lowest BCUT2D eigenvalue weighted by Crippen LogP contribution is -2.31. The third kappa shape index (κ3) is 2.53. The molecule has 2 aliphatic carbocycles. The highest BCUT2D eigenvalue weighted by molar-refractivity contribution is 6.00. The molecule has 1 saturated carbocycles. The van der Waals surface area contributed by atoms with Crippen molar-refractivity contribution < 1.29 is 4.79 Å². The minimum absolute atomic E-state index is 0.0235. The lowest BCUT2D eigenvalue weighted by atomic mass is 9.87. The Morgan fingerprint density at radius 1 is 1.12 bits per heavy atom. The molecular weight excluding hydrogens is 310 g/mol. The molecule has 0 saturated heterocycles. The van der Waals surface area contributed by atoms with Gasteiger partial charge in [0.25, 0.3) is 5.91 Å². The van der Waals surface area contributed by atoms with Crippen LogP contribution in [-0.2, 0) is 6.42 Å². The number of aryl methyl sites for hydroxylation is 1. The first-order chi connectivity index (χ1) is 12.3. The molecule has 0 unspecified atom stereocenters. The van der Waals surface area contributed by atoms with Crippen molar-refractivity contribution in [2.24, 2.45) is 0 Å². The standard InChI is InChI=1S/C21H21N3O/c25-21(23-18-7-3-5-14-4-1-2-6-16(14)18)17-11-13-24-19(15-8-9-15)10-12-22-20(17)24/h1-2,4,6,10-13,15,18H,3,5,7-9H2,(H,23,25)/t18-/m0/s1. The molecule has 0 radical (unpaired) electrons. The monoisotopic (exact) mass is 331 g/mol. The summed E-state index contributed by atoms with van der Waals surface area (Å²) in [7, 11) is 0. The maximum absolute atomic E-state index is 12.9. The Labute approximate surface area is 146 Å². The Balaban J connectivity index is 1.46. The molecule has 1 N–H and O–H groups in total. The van der Waals surface area contributed by atoms with E-state index in [9.17, 15) is 4.79 Å². The highest BCUT2D eigenvalue weighted by Crippen LogP contribution is 2.40. The fourth-order valence-electron chi connectivity index (χ4n) is 4.06. The number of nitrogens with zero attached hydrogens (tertiary/aromatic N) is 2. The Hall–Kier alpha value is -2.62. The van der Waals surface area contributed by atoms with E-state index in [1.165, 1.54) is 29.7 Å². The molecule has 5 rings (SSSR count). The van der Waals surface area contributed by atoms with Crippen molar-refractivity contribution in [2.75, 3.05) is 0 Å². The van der Waals surface area contributed by atoms with Crippen LogP contribution in [0.5, 0.6) is 0 Å². The van der Waals surface area contributed by atoms with Crippen molar-refractivity contribution in [3.63, 3.8) is 0 Å². The second-order valence-electron chi connectivity index (χ2n) is 7.18. The second-order valence-corrected chi connectivity index (χ2v) is 7.18. The number of carbonyl (C=O) groups excluding carboxylic acids is 1. The van der Waals surface area contributed by atoms with Crippen molar-refractivity contribution in [3.05, 3.63) is 71.2 Å². The molecule has 1 atom stereocenters. The molecule has 2 heterocycles. The Morgan fingerprint density at radius 3 is 2.88 bits per heavy atom. The lowest BCUT2D eigenvalue weighted by Gasteiger charge is -2.26. The van der Waals surface area contributed by atoms with E-state index in [1.54, 1.807) is 0 Å². The molecule has 1 aromatic carbocycles. The number of hydrogen-bond acceptors (Lipinski definition) is 2. The zero-order valence-electron chi connectivity index (χ0n) is 14.1. The van der Waals surface area contributed by atoms with E-state index in [2.05, 4.69) is 45.0 Å². The number of benzene rings is 1. The van der Waals surface area contributed by atoms with Crippen LogP contribution in [-0.4, -0.2) is 15.3 Å². The van der Waals surface area contributed by atoms with Crippen LogP contribution >= 0.6 is 0 Å². The molecule has 126 valence electrons. The van der Waals surface area contributed by atoms with Crippen LogP contribution in [0.15, 0.2) is 48.8 Å². The number of aromatic nitrogens is 2. The first kappa shape index (κ1) is 14.7. The Kier molecular flexibility index (Phi) is 3.37. The molecule has 1 fully saturated rings. The number of hydrogen-bond donors (Lipinski definition) is 1. The lowest BCUT2D eigenvalue weighted by molar-refractivity contribution is 0.0934. The topological polar surface area (TPSA) is 46.4 Å². The average molecular weight is 331 g/mol. The number of carbonyl (C=O) groups is 1. The van der Waals surface area contributed by atoms with E-state index >= 15 is 0 Å². The SMILES string of the molecule is O=C(N[C@H]1CCCc2ccccc21)c1ccn2c(C3CC3)ccnc12. The van der Waals surface area contributed by atoms with Crippen LogP contribution in [0.2, 0.25) is 0 Å². The summed E-state index contributed by atoms with van der Waals surface area (Å²) in [4.78, 5) is 17.4. The van der Waals surface area contributed by atoms with Crippen LogP contribution in [0.25, 0.3) is 5.65 Å². The van der Waals surface area contributed by atoms with Gasteiger partial charge in [0.2, 0.25) is 0 Å². The van der Waals surface area contributed by atoms with E-state index in [0.29, 0.717) is 11.5 Å². The van der Waals surface area contributed by atoms with E-state index in [4.69, 9.17) is 0 Å². The molecule has 0 bridgehead atoms. The highest BCUT2D eigenvalue weighted by Gasteiger charge is 2.27. The third-order valence-electron chi connectivity index (χ3n) is 5.49.